The molecule has 0 amide bonds. The van der Waals surface area contributed by atoms with Gasteiger partial charge >= 0.3 is 0 Å². The number of rotatable bonds is 8. The predicted octanol–water partition coefficient (Wildman–Crippen LogP) is 4.37. The Bertz CT molecular complexity index is 1560. The van der Waals surface area contributed by atoms with Gasteiger partial charge in [-0.1, -0.05) is 17.0 Å². The van der Waals surface area contributed by atoms with Crippen molar-refractivity contribution in [2.45, 2.75) is 50.9 Å². The highest BCUT2D eigenvalue weighted by Crippen LogP contribution is 2.25. The monoisotopic (exact) mass is 548 g/mol. The third-order valence-electron chi connectivity index (χ3n) is 6.17. The van der Waals surface area contributed by atoms with Gasteiger partial charge in [-0.2, -0.15) is 8.42 Å². The molecule has 2 atom stereocenters. The van der Waals surface area contributed by atoms with E-state index in [-0.39, 0.29) is 18.1 Å². The average Bonchev–Trinajstić information content (AvgIpc) is 3.59. The first-order chi connectivity index (χ1) is 18.8. The number of benzene rings is 1. The fourth-order valence-corrected chi connectivity index (χ4v) is 4.79. The van der Waals surface area contributed by atoms with Crippen molar-refractivity contribution in [3.05, 3.63) is 89.4 Å². The SMILES string of the molecule is C[C@H](OC1CCCCO1)c1nccn1Cc1cc(-c2ccc(C#Cc3ccc(CS(=O)(=O)O)nc3)cc2)on1. The summed E-state index contributed by atoms with van der Waals surface area (Å²) in [5.41, 5.74) is 3.30. The van der Waals surface area contributed by atoms with E-state index in [9.17, 15) is 8.42 Å². The zero-order chi connectivity index (χ0) is 27.2. The van der Waals surface area contributed by atoms with Gasteiger partial charge in [0.05, 0.1) is 12.2 Å². The van der Waals surface area contributed by atoms with Crippen LogP contribution in [0.15, 0.2) is 65.6 Å². The highest BCUT2D eigenvalue weighted by atomic mass is 32.2. The molecular formula is C28H28N4O6S. The minimum Gasteiger partial charge on any atom is -0.356 e. The van der Waals surface area contributed by atoms with Gasteiger partial charge in [-0.3, -0.25) is 9.54 Å². The lowest BCUT2D eigenvalue weighted by molar-refractivity contribution is -0.188. The maximum absolute atomic E-state index is 11.0. The second-order valence-corrected chi connectivity index (χ2v) is 10.7. The Kier molecular flexibility index (Phi) is 8.18. The number of nitrogens with zero attached hydrogens (tertiary/aromatic N) is 4. The average molecular weight is 549 g/mol. The molecule has 1 aliphatic rings. The molecule has 1 aliphatic heterocycles. The predicted molar refractivity (Wildman–Crippen MR) is 142 cm³/mol. The normalized spacial score (nSPS) is 16.4. The largest absolute Gasteiger partial charge is 0.356 e. The van der Waals surface area contributed by atoms with E-state index in [0.29, 0.717) is 17.9 Å². The summed E-state index contributed by atoms with van der Waals surface area (Å²) < 4.78 is 50.2. The molecule has 202 valence electrons. The first-order valence-electron chi connectivity index (χ1n) is 12.6. The van der Waals surface area contributed by atoms with E-state index in [4.69, 9.17) is 18.5 Å². The van der Waals surface area contributed by atoms with Crippen molar-refractivity contribution in [3.63, 3.8) is 0 Å². The number of aromatic nitrogens is 4. The molecule has 39 heavy (non-hydrogen) atoms. The van der Waals surface area contributed by atoms with Crippen LogP contribution in [0.2, 0.25) is 0 Å². The van der Waals surface area contributed by atoms with Crippen molar-refractivity contribution in [3.8, 4) is 23.2 Å². The number of hydrogen-bond donors (Lipinski definition) is 1. The molecule has 10 nitrogen and oxygen atoms in total. The van der Waals surface area contributed by atoms with Crippen LogP contribution in [0.1, 0.15) is 60.6 Å². The summed E-state index contributed by atoms with van der Waals surface area (Å²) in [6.07, 6.45) is 7.79. The second kappa shape index (κ2) is 11.9. The van der Waals surface area contributed by atoms with E-state index in [1.165, 1.54) is 12.3 Å². The summed E-state index contributed by atoms with van der Waals surface area (Å²) in [5, 5.41) is 4.23. The summed E-state index contributed by atoms with van der Waals surface area (Å²) >= 11 is 0. The third-order valence-corrected chi connectivity index (χ3v) is 6.83. The molecule has 4 heterocycles. The Morgan fingerprint density at radius 2 is 1.90 bits per heavy atom. The molecular weight excluding hydrogens is 520 g/mol. The van der Waals surface area contributed by atoms with Crippen molar-refractivity contribution in [1.82, 2.24) is 19.7 Å². The first-order valence-corrected chi connectivity index (χ1v) is 14.2. The van der Waals surface area contributed by atoms with Gasteiger partial charge in [0.2, 0.25) is 0 Å². The van der Waals surface area contributed by atoms with Crippen molar-refractivity contribution >= 4 is 10.1 Å². The van der Waals surface area contributed by atoms with Crippen LogP contribution in [-0.2, 0) is 31.9 Å². The van der Waals surface area contributed by atoms with Gasteiger partial charge in [0.15, 0.2) is 12.1 Å². The molecule has 1 saturated heterocycles. The lowest BCUT2D eigenvalue weighted by Gasteiger charge is -2.26. The zero-order valence-corrected chi connectivity index (χ0v) is 22.2. The Labute approximate surface area is 226 Å². The molecule has 0 bridgehead atoms. The van der Waals surface area contributed by atoms with Crippen molar-refractivity contribution < 1.29 is 27.0 Å². The van der Waals surface area contributed by atoms with Gasteiger partial charge in [0.25, 0.3) is 10.1 Å². The number of pyridine rings is 1. The number of hydrogen-bond acceptors (Lipinski definition) is 8. The maximum Gasteiger partial charge on any atom is 0.270 e. The van der Waals surface area contributed by atoms with Crippen LogP contribution in [0.25, 0.3) is 11.3 Å². The van der Waals surface area contributed by atoms with Crippen LogP contribution >= 0.6 is 0 Å². The standard InChI is InChI=1S/C28H28N4O6S/c1-20(37-27-4-2-3-15-36-27)28-29-13-14-32(28)18-25-16-26(38-31-25)23-10-7-21(8-11-23)5-6-22-9-12-24(30-17-22)19-39(33,34)35/h7-14,16-17,20,27H,2-4,15,18-19H2,1H3,(H,33,34,35)/t20-,27?/m0/s1. The van der Waals surface area contributed by atoms with Crippen LogP contribution in [0.4, 0.5) is 0 Å². The van der Waals surface area contributed by atoms with Crippen LogP contribution < -0.4 is 0 Å². The minimum atomic E-state index is -4.12. The number of imidazole rings is 1. The fourth-order valence-electron chi connectivity index (χ4n) is 4.25. The lowest BCUT2D eigenvalue weighted by Crippen LogP contribution is -2.24. The summed E-state index contributed by atoms with van der Waals surface area (Å²) in [5.74, 6) is 6.96. The Morgan fingerprint density at radius 1 is 1.10 bits per heavy atom. The Balaban J connectivity index is 1.20. The van der Waals surface area contributed by atoms with Gasteiger partial charge in [-0.05, 0) is 62.6 Å². The quantitative estimate of drug-likeness (QED) is 0.252. The van der Waals surface area contributed by atoms with Gasteiger partial charge < -0.3 is 18.6 Å². The van der Waals surface area contributed by atoms with E-state index in [0.717, 1.165) is 48.5 Å². The number of ether oxygens (including phenoxy) is 2. The van der Waals surface area contributed by atoms with Crippen LogP contribution in [-0.4, -0.2) is 45.6 Å². The maximum atomic E-state index is 11.0. The molecule has 1 aromatic carbocycles. The summed E-state index contributed by atoms with van der Waals surface area (Å²) in [7, 11) is -4.12. The molecule has 3 aromatic heterocycles. The van der Waals surface area contributed by atoms with Gasteiger partial charge in [0.1, 0.15) is 23.4 Å². The van der Waals surface area contributed by atoms with E-state index in [1.54, 1.807) is 12.3 Å². The van der Waals surface area contributed by atoms with E-state index >= 15 is 0 Å². The lowest BCUT2D eigenvalue weighted by atomic mass is 10.1. The molecule has 5 rings (SSSR count). The van der Waals surface area contributed by atoms with E-state index in [2.05, 4.69) is 27.0 Å². The molecule has 1 unspecified atom stereocenters. The highest BCUT2D eigenvalue weighted by molar-refractivity contribution is 7.85. The fraction of sp³-hybridized carbons (Fsp3) is 0.321. The summed E-state index contributed by atoms with van der Waals surface area (Å²) in [6.45, 7) is 3.21. The molecule has 0 saturated carbocycles. The van der Waals surface area contributed by atoms with Crippen LogP contribution in [0, 0.1) is 11.8 Å². The second-order valence-electron chi connectivity index (χ2n) is 9.26. The molecule has 0 radical (unpaired) electrons. The summed E-state index contributed by atoms with van der Waals surface area (Å²) in [4.78, 5) is 8.50. The Hall–Kier alpha value is -3.82. The first kappa shape index (κ1) is 26.8. The smallest absolute Gasteiger partial charge is 0.270 e. The van der Waals surface area contributed by atoms with Gasteiger partial charge in [-0.25, -0.2) is 4.98 Å². The molecule has 11 heteroatoms. The van der Waals surface area contributed by atoms with Crippen molar-refractivity contribution in [2.75, 3.05) is 6.61 Å². The Morgan fingerprint density at radius 3 is 2.62 bits per heavy atom. The van der Waals surface area contributed by atoms with Crippen LogP contribution in [0.3, 0.4) is 0 Å². The highest BCUT2D eigenvalue weighted by Gasteiger charge is 2.21. The summed E-state index contributed by atoms with van der Waals surface area (Å²) in [6, 6.07) is 12.7. The topological polar surface area (TPSA) is 130 Å². The zero-order valence-electron chi connectivity index (χ0n) is 21.4. The third kappa shape index (κ3) is 7.40. The molecule has 1 N–H and O–H groups in total. The molecule has 0 spiro atoms. The van der Waals surface area contributed by atoms with Crippen LogP contribution in [0.5, 0.6) is 0 Å². The van der Waals surface area contributed by atoms with Crippen molar-refractivity contribution in [2.24, 2.45) is 0 Å². The van der Waals surface area contributed by atoms with Gasteiger partial charge in [-0.15, -0.1) is 0 Å². The molecule has 0 aliphatic carbocycles. The van der Waals surface area contributed by atoms with E-state index < -0.39 is 15.9 Å². The van der Waals surface area contributed by atoms with Crippen molar-refractivity contribution in [1.29, 1.82) is 0 Å². The van der Waals surface area contributed by atoms with Gasteiger partial charge in [0, 0.05) is 48.0 Å². The molecule has 4 aromatic rings. The minimum absolute atomic E-state index is 0.194. The molecule has 1 fully saturated rings. The van der Waals surface area contributed by atoms with E-state index in [1.807, 2.05) is 48.0 Å².